The van der Waals surface area contributed by atoms with Crippen molar-refractivity contribution in [2.45, 2.75) is 40.2 Å². The zero-order valence-electron chi connectivity index (χ0n) is 14.1. The molecule has 0 aliphatic carbocycles. The van der Waals surface area contributed by atoms with Gasteiger partial charge in [0.1, 0.15) is 11.5 Å². The summed E-state index contributed by atoms with van der Waals surface area (Å²) in [5.74, 6) is 0.841. The van der Waals surface area contributed by atoms with Gasteiger partial charge in [0.25, 0.3) is 0 Å². The van der Waals surface area contributed by atoms with E-state index >= 15 is 0 Å². The molecule has 0 bridgehead atoms. The molecule has 1 aromatic heterocycles. The van der Waals surface area contributed by atoms with Gasteiger partial charge in [0.05, 0.1) is 6.61 Å². The third kappa shape index (κ3) is 7.60. The summed E-state index contributed by atoms with van der Waals surface area (Å²) in [5.41, 5.74) is 0.886. The fourth-order valence-electron chi connectivity index (χ4n) is 2.27. The second kappa shape index (κ2) is 10.8. The summed E-state index contributed by atoms with van der Waals surface area (Å²) in [5, 5.41) is 3.90. The smallest absolute Gasteiger partial charge is 0.134 e. The highest BCUT2D eigenvalue weighted by atomic mass is 16.5. The van der Waals surface area contributed by atoms with Crippen molar-refractivity contribution in [3.05, 3.63) is 17.5 Å². The van der Waals surface area contributed by atoms with Gasteiger partial charge in [-0.1, -0.05) is 19.0 Å². The van der Waals surface area contributed by atoms with Gasteiger partial charge in [0.2, 0.25) is 0 Å². The van der Waals surface area contributed by atoms with Crippen LogP contribution >= 0.6 is 0 Å². The summed E-state index contributed by atoms with van der Waals surface area (Å²) < 4.78 is 10.6. The quantitative estimate of drug-likeness (QED) is 0.724. The molecule has 2 heterocycles. The number of piperazine rings is 1. The maximum absolute atomic E-state index is 5.59. The monoisotopic (exact) mass is 297 g/mol. The van der Waals surface area contributed by atoms with Gasteiger partial charge in [0.15, 0.2) is 0 Å². The molecule has 1 fully saturated rings. The average Bonchev–Trinajstić information content (AvgIpc) is 2.92. The third-order valence-corrected chi connectivity index (χ3v) is 3.54. The molecule has 0 atom stereocenters. The highest BCUT2D eigenvalue weighted by Gasteiger charge is 2.12. The van der Waals surface area contributed by atoms with E-state index in [0.717, 1.165) is 24.5 Å². The first-order chi connectivity index (χ1) is 10.2. The van der Waals surface area contributed by atoms with Crippen molar-refractivity contribution in [3.63, 3.8) is 0 Å². The lowest BCUT2D eigenvalue weighted by atomic mass is 10.2. The van der Waals surface area contributed by atoms with Gasteiger partial charge < -0.3 is 19.1 Å². The minimum atomic E-state index is 0.561. The second-order valence-corrected chi connectivity index (χ2v) is 5.33. The largest absolute Gasteiger partial charge is 0.375 e. The SMILES string of the molecule is CC.Cc1cc(COCCCCN2CCN(C)CC2)no1. The Morgan fingerprint density at radius 1 is 1.19 bits per heavy atom. The molecule has 0 N–H and O–H groups in total. The first-order valence-electron chi connectivity index (χ1n) is 8.15. The van der Waals surface area contributed by atoms with Crippen molar-refractivity contribution in [3.8, 4) is 0 Å². The molecular formula is C16H31N3O2. The maximum Gasteiger partial charge on any atom is 0.134 e. The second-order valence-electron chi connectivity index (χ2n) is 5.33. The summed E-state index contributed by atoms with van der Waals surface area (Å²) in [6.45, 7) is 13.3. The molecule has 1 aliphatic rings. The summed E-state index contributed by atoms with van der Waals surface area (Å²) in [7, 11) is 2.19. The molecule has 0 amide bonds. The maximum atomic E-state index is 5.59. The lowest BCUT2D eigenvalue weighted by Gasteiger charge is -2.32. The van der Waals surface area contributed by atoms with E-state index in [0.29, 0.717) is 6.61 Å². The number of rotatable bonds is 7. The minimum Gasteiger partial charge on any atom is -0.375 e. The molecule has 0 aromatic carbocycles. The Hall–Kier alpha value is -0.910. The predicted molar refractivity (Wildman–Crippen MR) is 85.4 cm³/mol. The topological polar surface area (TPSA) is 41.7 Å². The zero-order chi connectivity index (χ0) is 15.5. The van der Waals surface area contributed by atoms with Crippen LogP contribution in [0.15, 0.2) is 10.6 Å². The van der Waals surface area contributed by atoms with Crippen molar-refractivity contribution >= 4 is 0 Å². The minimum absolute atomic E-state index is 0.561. The Labute approximate surface area is 129 Å². The van der Waals surface area contributed by atoms with Crippen LogP contribution in [-0.2, 0) is 11.3 Å². The van der Waals surface area contributed by atoms with E-state index in [2.05, 4.69) is 22.0 Å². The Morgan fingerprint density at radius 2 is 1.90 bits per heavy atom. The van der Waals surface area contributed by atoms with E-state index in [4.69, 9.17) is 9.26 Å². The Kier molecular flexibility index (Phi) is 9.30. The van der Waals surface area contributed by atoms with E-state index in [1.54, 1.807) is 0 Å². The van der Waals surface area contributed by atoms with Crippen LogP contribution < -0.4 is 0 Å². The van der Waals surface area contributed by atoms with Crippen LogP contribution in [-0.4, -0.2) is 61.3 Å². The molecule has 5 nitrogen and oxygen atoms in total. The normalized spacial score (nSPS) is 16.6. The van der Waals surface area contributed by atoms with Crippen molar-refractivity contribution in [2.75, 3.05) is 46.4 Å². The van der Waals surface area contributed by atoms with E-state index in [1.165, 1.54) is 39.1 Å². The molecule has 1 aromatic rings. The molecule has 2 rings (SSSR count). The average molecular weight is 297 g/mol. The Balaban J connectivity index is 0.00000106. The predicted octanol–water partition coefficient (Wildman–Crippen LogP) is 2.55. The van der Waals surface area contributed by atoms with Crippen LogP contribution in [0.5, 0.6) is 0 Å². The van der Waals surface area contributed by atoms with Crippen molar-refractivity contribution in [2.24, 2.45) is 0 Å². The lowest BCUT2D eigenvalue weighted by Crippen LogP contribution is -2.44. The van der Waals surface area contributed by atoms with Crippen LogP contribution in [0.3, 0.4) is 0 Å². The molecule has 21 heavy (non-hydrogen) atoms. The Morgan fingerprint density at radius 3 is 2.52 bits per heavy atom. The van der Waals surface area contributed by atoms with Crippen LogP contribution in [0.25, 0.3) is 0 Å². The van der Waals surface area contributed by atoms with Gasteiger partial charge in [-0.25, -0.2) is 0 Å². The molecule has 0 unspecified atom stereocenters. The van der Waals surface area contributed by atoms with Crippen molar-refractivity contribution in [1.29, 1.82) is 0 Å². The lowest BCUT2D eigenvalue weighted by molar-refractivity contribution is 0.105. The van der Waals surface area contributed by atoms with Gasteiger partial charge >= 0.3 is 0 Å². The summed E-state index contributed by atoms with van der Waals surface area (Å²) >= 11 is 0. The van der Waals surface area contributed by atoms with Gasteiger partial charge in [-0.15, -0.1) is 0 Å². The van der Waals surface area contributed by atoms with E-state index in [9.17, 15) is 0 Å². The van der Waals surface area contributed by atoms with E-state index in [1.807, 2.05) is 26.8 Å². The van der Waals surface area contributed by atoms with Crippen LogP contribution in [0.4, 0.5) is 0 Å². The van der Waals surface area contributed by atoms with Crippen LogP contribution in [0, 0.1) is 6.92 Å². The zero-order valence-corrected chi connectivity index (χ0v) is 14.1. The van der Waals surface area contributed by atoms with E-state index < -0.39 is 0 Å². The fourth-order valence-corrected chi connectivity index (χ4v) is 2.27. The molecule has 1 saturated heterocycles. The fraction of sp³-hybridized carbons (Fsp3) is 0.812. The van der Waals surface area contributed by atoms with Gasteiger partial charge in [0, 0.05) is 38.9 Å². The molecule has 0 radical (unpaired) electrons. The molecule has 0 saturated carbocycles. The summed E-state index contributed by atoms with van der Waals surface area (Å²) in [6, 6.07) is 1.92. The number of hydrogen-bond donors (Lipinski definition) is 0. The number of ether oxygens (including phenoxy) is 1. The van der Waals surface area contributed by atoms with Crippen molar-refractivity contribution in [1.82, 2.24) is 15.0 Å². The molecule has 5 heteroatoms. The van der Waals surface area contributed by atoms with Gasteiger partial charge in [-0.05, 0) is 33.4 Å². The number of unbranched alkanes of at least 4 members (excludes halogenated alkanes) is 1. The highest BCUT2D eigenvalue weighted by Crippen LogP contribution is 2.05. The number of nitrogens with zero attached hydrogens (tertiary/aromatic N) is 3. The standard InChI is InChI=1S/C14H25N3O2.C2H6/c1-13-11-14(15-19-13)12-18-10-4-3-5-17-8-6-16(2)7-9-17;1-2/h11H,3-10,12H2,1-2H3;1-2H3. The number of likely N-dealkylation sites (N-methyl/N-ethyl adjacent to an activating group) is 1. The third-order valence-electron chi connectivity index (χ3n) is 3.54. The number of aromatic nitrogens is 1. The first-order valence-corrected chi connectivity index (χ1v) is 8.15. The highest BCUT2D eigenvalue weighted by molar-refractivity contribution is 5.01. The first kappa shape index (κ1) is 18.1. The number of aryl methyl sites for hydroxylation is 1. The van der Waals surface area contributed by atoms with Gasteiger partial charge in [-0.3, -0.25) is 0 Å². The summed E-state index contributed by atoms with van der Waals surface area (Å²) in [4.78, 5) is 4.93. The van der Waals surface area contributed by atoms with Crippen molar-refractivity contribution < 1.29 is 9.26 Å². The molecule has 122 valence electrons. The molecule has 0 spiro atoms. The van der Waals surface area contributed by atoms with Gasteiger partial charge in [-0.2, -0.15) is 0 Å². The van der Waals surface area contributed by atoms with Crippen LogP contribution in [0.1, 0.15) is 38.1 Å². The molecular weight excluding hydrogens is 266 g/mol. The summed E-state index contributed by atoms with van der Waals surface area (Å²) in [6.07, 6.45) is 2.32. The number of hydrogen-bond acceptors (Lipinski definition) is 5. The van der Waals surface area contributed by atoms with E-state index in [-0.39, 0.29) is 0 Å². The molecule has 1 aliphatic heterocycles. The van der Waals surface area contributed by atoms with Crippen LogP contribution in [0.2, 0.25) is 0 Å². The Bertz CT molecular complexity index is 360.